The van der Waals surface area contributed by atoms with Gasteiger partial charge in [0.2, 0.25) is 11.8 Å². The molecule has 0 amide bonds. The van der Waals surface area contributed by atoms with Gasteiger partial charge in [0.1, 0.15) is 0 Å². The molecule has 0 radical (unpaired) electrons. The van der Waals surface area contributed by atoms with E-state index >= 15 is 0 Å². The lowest BCUT2D eigenvalue weighted by Gasteiger charge is -2.23. The van der Waals surface area contributed by atoms with E-state index in [0.29, 0.717) is 24.8 Å². The van der Waals surface area contributed by atoms with Crippen molar-refractivity contribution in [2.45, 2.75) is 39.3 Å². The van der Waals surface area contributed by atoms with Crippen LogP contribution in [0.4, 0.5) is 5.95 Å². The predicted octanol–water partition coefficient (Wildman–Crippen LogP) is 1.56. The normalized spacial score (nSPS) is 22.8. The van der Waals surface area contributed by atoms with E-state index in [2.05, 4.69) is 9.97 Å². The molecule has 0 aromatic carbocycles. The van der Waals surface area contributed by atoms with E-state index < -0.39 is 5.97 Å². The summed E-state index contributed by atoms with van der Waals surface area (Å²) in [6.45, 7) is 6.41. The van der Waals surface area contributed by atoms with Crippen LogP contribution in [0.15, 0.2) is 12.3 Å². The number of carboxylic acids is 1. The Bertz CT molecular complexity index is 464. The monoisotopic (exact) mass is 265 g/mol. The van der Waals surface area contributed by atoms with Gasteiger partial charge in [-0.3, -0.25) is 4.79 Å². The molecule has 0 saturated carbocycles. The number of carboxylic acid groups (broad SMARTS) is 1. The highest BCUT2D eigenvalue weighted by Crippen LogP contribution is 2.28. The first-order chi connectivity index (χ1) is 8.99. The van der Waals surface area contributed by atoms with E-state index in [-0.39, 0.29) is 18.1 Å². The van der Waals surface area contributed by atoms with E-state index in [0.717, 1.165) is 0 Å². The van der Waals surface area contributed by atoms with E-state index in [9.17, 15) is 4.79 Å². The van der Waals surface area contributed by atoms with Crippen molar-refractivity contribution in [3.63, 3.8) is 0 Å². The van der Waals surface area contributed by atoms with Crippen molar-refractivity contribution >= 4 is 11.9 Å². The molecule has 2 unspecified atom stereocenters. The van der Waals surface area contributed by atoms with Gasteiger partial charge in [-0.25, -0.2) is 4.98 Å². The van der Waals surface area contributed by atoms with Crippen molar-refractivity contribution in [3.05, 3.63) is 12.3 Å². The molecule has 1 aliphatic rings. The fourth-order valence-corrected chi connectivity index (χ4v) is 2.33. The van der Waals surface area contributed by atoms with Gasteiger partial charge in [0.15, 0.2) is 0 Å². The number of anilines is 1. The average Bonchev–Trinajstić information content (AvgIpc) is 2.70. The molecule has 1 N–H and O–H groups in total. The molecular formula is C13H19N3O3. The van der Waals surface area contributed by atoms with Crippen LogP contribution in [0.25, 0.3) is 0 Å². The van der Waals surface area contributed by atoms with Crippen LogP contribution in [-0.4, -0.2) is 39.7 Å². The van der Waals surface area contributed by atoms with E-state index in [1.807, 2.05) is 25.7 Å². The Kier molecular flexibility index (Phi) is 3.87. The summed E-state index contributed by atoms with van der Waals surface area (Å²) in [5.41, 5.74) is 0. The van der Waals surface area contributed by atoms with Crippen LogP contribution in [0.2, 0.25) is 0 Å². The van der Waals surface area contributed by atoms with Crippen molar-refractivity contribution in [1.29, 1.82) is 0 Å². The number of hydrogen-bond donors (Lipinski definition) is 1. The van der Waals surface area contributed by atoms with Crippen LogP contribution in [0.1, 0.15) is 27.2 Å². The molecule has 1 aromatic heterocycles. The van der Waals surface area contributed by atoms with Gasteiger partial charge in [0.25, 0.3) is 0 Å². The van der Waals surface area contributed by atoms with Gasteiger partial charge in [-0.1, -0.05) is 0 Å². The van der Waals surface area contributed by atoms with Gasteiger partial charge < -0.3 is 14.7 Å². The van der Waals surface area contributed by atoms with Crippen LogP contribution >= 0.6 is 0 Å². The van der Waals surface area contributed by atoms with E-state index in [4.69, 9.17) is 9.84 Å². The summed E-state index contributed by atoms with van der Waals surface area (Å²) in [7, 11) is 0. The third-order valence-electron chi connectivity index (χ3n) is 3.30. The molecule has 2 atom stereocenters. The summed E-state index contributed by atoms with van der Waals surface area (Å²) in [6, 6.07) is 1.60. The molecule has 104 valence electrons. The quantitative estimate of drug-likeness (QED) is 0.890. The zero-order valence-electron chi connectivity index (χ0n) is 11.4. The zero-order valence-corrected chi connectivity index (χ0v) is 11.4. The zero-order chi connectivity index (χ0) is 14.0. The summed E-state index contributed by atoms with van der Waals surface area (Å²) in [4.78, 5) is 21.6. The van der Waals surface area contributed by atoms with Gasteiger partial charge in [-0.05, 0) is 27.2 Å². The van der Waals surface area contributed by atoms with Crippen molar-refractivity contribution in [3.8, 4) is 5.88 Å². The highest BCUT2D eigenvalue weighted by Gasteiger charge is 2.36. The number of aromatic nitrogens is 2. The van der Waals surface area contributed by atoms with Gasteiger partial charge in [0, 0.05) is 24.8 Å². The highest BCUT2D eigenvalue weighted by molar-refractivity contribution is 5.72. The van der Waals surface area contributed by atoms with Gasteiger partial charge in [-0.2, -0.15) is 4.98 Å². The molecule has 1 fully saturated rings. The molecule has 6 heteroatoms. The molecule has 19 heavy (non-hydrogen) atoms. The van der Waals surface area contributed by atoms with Crippen molar-refractivity contribution in [1.82, 2.24) is 9.97 Å². The Balaban J connectivity index is 2.16. The predicted molar refractivity (Wildman–Crippen MR) is 70.3 cm³/mol. The van der Waals surface area contributed by atoms with Crippen LogP contribution in [-0.2, 0) is 4.79 Å². The van der Waals surface area contributed by atoms with Crippen LogP contribution in [0.3, 0.4) is 0 Å². The van der Waals surface area contributed by atoms with Crippen molar-refractivity contribution < 1.29 is 14.6 Å². The average molecular weight is 265 g/mol. The minimum Gasteiger partial charge on any atom is -0.481 e. The highest BCUT2D eigenvalue weighted by atomic mass is 16.5. The topological polar surface area (TPSA) is 75.5 Å². The lowest BCUT2D eigenvalue weighted by molar-refractivity contribution is -0.141. The maximum Gasteiger partial charge on any atom is 0.308 e. The fraction of sp³-hybridized carbons (Fsp3) is 0.615. The maximum atomic E-state index is 11.1. The lowest BCUT2D eigenvalue weighted by atomic mass is 10.0. The lowest BCUT2D eigenvalue weighted by Crippen LogP contribution is -2.34. The minimum atomic E-state index is -0.760. The molecule has 0 aliphatic carbocycles. The Morgan fingerprint density at radius 2 is 2.32 bits per heavy atom. The first kappa shape index (κ1) is 13.6. The summed E-state index contributed by atoms with van der Waals surface area (Å²) in [6.07, 6.45) is 2.31. The molecule has 2 rings (SSSR count). The van der Waals surface area contributed by atoms with E-state index in [1.165, 1.54) is 0 Å². The van der Waals surface area contributed by atoms with Crippen LogP contribution in [0, 0.1) is 5.92 Å². The Morgan fingerprint density at radius 1 is 1.58 bits per heavy atom. The number of hydrogen-bond acceptors (Lipinski definition) is 5. The molecule has 1 aliphatic heterocycles. The SMILES string of the molecule is CC(C)Oc1ccnc(N2CCC(C(=O)O)C2C)n1. The number of carbonyl (C=O) groups is 1. The second-order valence-electron chi connectivity index (χ2n) is 5.03. The van der Waals surface area contributed by atoms with Gasteiger partial charge in [0.05, 0.1) is 12.0 Å². The summed E-state index contributed by atoms with van der Waals surface area (Å²) in [5.74, 6) is -0.0665. The number of ether oxygens (including phenoxy) is 1. The van der Waals surface area contributed by atoms with Crippen molar-refractivity contribution in [2.24, 2.45) is 5.92 Å². The first-order valence-corrected chi connectivity index (χ1v) is 6.48. The molecule has 0 bridgehead atoms. The second kappa shape index (κ2) is 5.42. The second-order valence-corrected chi connectivity index (χ2v) is 5.03. The van der Waals surface area contributed by atoms with Gasteiger partial charge in [-0.15, -0.1) is 0 Å². The fourth-order valence-electron chi connectivity index (χ4n) is 2.33. The molecule has 2 heterocycles. The maximum absolute atomic E-state index is 11.1. The molecule has 1 saturated heterocycles. The Labute approximate surface area is 112 Å². The Hall–Kier alpha value is -1.85. The molecular weight excluding hydrogens is 246 g/mol. The summed E-state index contributed by atoms with van der Waals surface area (Å²) in [5, 5.41) is 9.13. The number of nitrogens with zero attached hydrogens (tertiary/aromatic N) is 3. The third kappa shape index (κ3) is 2.94. The standard InChI is InChI=1S/C13H19N3O3/c1-8(2)19-11-4-6-14-13(15-11)16-7-5-10(9(16)3)12(17)18/h4,6,8-10H,5,7H2,1-3H3,(H,17,18). The number of rotatable bonds is 4. The summed E-state index contributed by atoms with van der Waals surface area (Å²) >= 11 is 0. The van der Waals surface area contributed by atoms with Crippen LogP contribution < -0.4 is 9.64 Å². The van der Waals surface area contributed by atoms with Crippen molar-refractivity contribution in [2.75, 3.05) is 11.4 Å². The third-order valence-corrected chi connectivity index (χ3v) is 3.30. The molecule has 6 nitrogen and oxygen atoms in total. The molecule has 0 spiro atoms. The Morgan fingerprint density at radius 3 is 2.89 bits per heavy atom. The smallest absolute Gasteiger partial charge is 0.308 e. The first-order valence-electron chi connectivity index (χ1n) is 6.48. The van der Waals surface area contributed by atoms with E-state index in [1.54, 1.807) is 12.3 Å². The van der Waals surface area contributed by atoms with Crippen LogP contribution in [0.5, 0.6) is 5.88 Å². The largest absolute Gasteiger partial charge is 0.481 e. The van der Waals surface area contributed by atoms with Gasteiger partial charge >= 0.3 is 5.97 Å². The summed E-state index contributed by atoms with van der Waals surface area (Å²) < 4.78 is 5.53. The minimum absolute atomic E-state index is 0.0468. The molecule has 1 aromatic rings. The number of aliphatic carboxylic acids is 1.